The summed E-state index contributed by atoms with van der Waals surface area (Å²) in [4.78, 5) is 19.4. The Kier molecular flexibility index (Phi) is 3.35. The van der Waals surface area contributed by atoms with E-state index in [0.717, 1.165) is 0 Å². The van der Waals surface area contributed by atoms with Gasteiger partial charge in [-0.15, -0.1) is 10.2 Å². The minimum absolute atomic E-state index is 0.199. The number of nitrogens with zero attached hydrogens (tertiary/aromatic N) is 4. The van der Waals surface area contributed by atoms with Crippen LogP contribution in [0.1, 0.15) is 28.5 Å². The number of hydrogen-bond acceptors (Lipinski definition) is 7. The molecule has 0 bridgehead atoms. The van der Waals surface area contributed by atoms with Gasteiger partial charge in [0.2, 0.25) is 5.13 Å². The third-order valence-corrected chi connectivity index (χ3v) is 2.89. The Balaban J connectivity index is 2.08. The summed E-state index contributed by atoms with van der Waals surface area (Å²) in [6.45, 7) is 1.80. The van der Waals surface area contributed by atoms with E-state index in [1.54, 1.807) is 6.92 Å². The minimum atomic E-state index is -0.370. The van der Waals surface area contributed by atoms with Gasteiger partial charge in [0.1, 0.15) is 10.7 Å². The first kappa shape index (κ1) is 11.6. The summed E-state index contributed by atoms with van der Waals surface area (Å²) < 4.78 is 0. The highest BCUT2D eigenvalue weighted by Crippen LogP contribution is 2.19. The number of anilines is 1. The Morgan fingerprint density at radius 2 is 2.29 bits per heavy atom. The zero-order valence-electron chi connectivity index (χ0n) is 8.99. The van der Waals surface area contributed by atoms with Gasteiger partial charge >= 0.3 is 0 Å². The third-order valence-electron chi connectivity index (χ3n) is 1.85. The first-order chi connectivity index (χ1) is 8.16. The van der Waals surface area contributed by atoms with Crippen molar-refractivity contribution < 1.29 is 4.79 Å². The van der Waals surface area contributed by atoms with E-state index in [4.69, 9.17) is 5.73 Å². The summed E-state index contributed by atoms with van der Waals surface area (Å²) in [5, 5.41) is 11.3. The Bertz CT molecular complexity index is 511. The highest BCUT2D eigenvalue weighted by atomic mass is 32.1. The summed E-state index contributed by atoms with van der Waals surface area (Å²) in [5.41, 5.74) is 5.87. The van der Waals surface area contributed by atoms with E-state index in [1.165, 1.54) is 29.9 Å². The first-order valence-electron chi connectivity index (χ1n) is 4.83. The molecule has 7 nitrogen and oxygen atoms in total. The average Bonchev–Trinajstić information content (AvgIpc) is 2.79. The van der Waals surface area contributed by atoms with E-state index in [9.17, 15) is 4.79 Å². The topological polar surface area (TPSA) is 107 Å². The third kappa shape index (κ3) is 2.80. The molecule has 3 N–H and O–H groups in total. The maximum atomic E-state index is 11.7. The van der Waals surface area contributed by atoms with Crippen molar-refractivity contribution >= 4 is 22.4 Å². The molecule has 8 heteroatoms. The lowest BCUT2D eigenvalue weighted by molar-refractivity contribution is 0.102. The quantitative estimate of drug-likeness (QED) is 0.826. The molecule has 1 atom stereocenters. The fourth-order valence-corrected chi connectivity index (χ4v) is 1.74. The molecule has 1 unspecified atom stereocenters. The van der Waals surface area contributed by atoms with Gasteiger partial charge < -0.3 is 5.73 Å². The summed E-state index contributed by atoms with van der Waals surface area (Å²) in [6.07, 6.45) is 4.32. The molecule has 0 saturated heterocycles. The number of hydrogen-bond donors (Lipinski definition) is 2. The van der Waals surface area contributed by atoms with Gasteiger partial charge in [-0.05, 0) is 6.92 Å². The largest absolute Gasteiger partial charge is 0.322 e. The van der Waals surface area contributed by atoms with Crippen LogP contribution in [0.25, 0.3) is 0 Å². The van der Waals surface area contributed by atoms with Crippen LogP contribution in [0.3, 0.4) is 0 Å². The molecule has 1 amide bonds. The highest BCUT2D eigenvalue weighted by molar-refractivity contribution is 7.15. The minimum Gasteiger partial charge on any atom is -0.322 e. The molecule has 0 radical (unpaired) electrons. The lowest BCUT2D eigenvalue weighted by atomic mass is 10.4. The molecule has 0 aliphatic rings. The number of rotatable bonds is 3. The molecular formula is C9H10N6OS. The van der Waals surface area contributed by atoms with Crippen molar-refractivity contribution in [2.75, 3.05) is 5.32 Å². The predicted molar refractivity (Wildman–Crippen MR) is 62.5 cm³/mol. The Morgan fingerprint density at radius 1 is 1.47 bits per heavy atom. The van der Waals surface area contributed by atoms with Crippen LogP contribution in [0.5, 0.6) is 0 Å². The zero-order chi connectivity index (χ0) is 12.3. The summed E-state index contributed by atoms with van der Waals surface area (Å²) in [6, 6.07) is -0.199. The number of nitrogens with two attached hydrogens (primary N) is 1. The molecule has 0 aliphatic carbocycles. The van der Waals surface area contributed by atoms with Crippen LogP contribution in [0.4, 0.5) is 5.13 Å². The SMILES string of the molecule is CC(N)c1nnc(NC(=O)c2cnccn2)s1. The lowest BCUT2D eigenvalue weighted by Gasteiger charge is -1.98. The second kappa shape index (κ2) is 4.93. The van der Waals surface area contributed by atoms with Gasteiger partial charge in [0, 0.05) is 12.4 Å². The van der Waals surface area contributed by atoms with Gasteiger partial charge in [-0.3, -0.25) is 15.1 Å². The molecule has 0 fully saturated rings. The second-order valence-electron chi connectivity index (χ2n) is 3.28. The van der Waals surface area contributed by atoms with Crippen molar-refractivity contribution in [3.8, 4) is 0 Å². The van der Waals surface area contributed by atoms with Crippen LogP contribution >= 0.6 is 11.3 Å². The van der Waals surface area contributed by atoms with E-state index in [2.05, 4.69) is 25.5 Å². The number of nitrogens with one attached hydrogen (secondary N) is 1. The van der Waals surface area contributed by atoms with Gasteiger partial charge in [0.25, 0.3) is 5.91 Å². The number of carbonyl (C=O) groups excluding carboxylic acids is 1. The Hall–Kier alpha value is -1.93. The monoisotopic (exact) mass is 250 g/mol. The van der Waals surface area contributed by atoms with E-state index in [0.29, 0.717) is 10.1 Å². The molecule has 0 aliphatic heterocycles. The van der Waals surface area contributed by atoms with Crippen LogP contribution in [0, 0.1) is 0 Å². The average molecular weight is 250 g/mol. The van der Waals surface area contributed by atoms with Crippen molar-refractivity contribution in [3.63, 3.8) is 0 Å². The fraction of sp³-hybridized carbons (Fsp3) is 0.222. The van der Waals surface area contributed by atoms with Crippen molar-refractivity contribution in [2.24, 2.45) is 5.73 Å². The maximum absolute atomic E-state index is 11.7. The Morgan fingerprint density at radius 3 is 2.88 bits per heavy atom. The molecule has 17 heavy (non-hydrogen) atoms. The van der Waals surface area contributed by atoms with Crippen molar-refractivity contribution in [1.82, 2.24) is 20.2 Å². The lowest BCUT2D eigenvalue weighted by Crippen LogP contribution is -2.13. The van der Waals surface area contributed by atoms with Gasteiger partial charge in [-0.25, -0.2) is 4.98 Å². The van der Waals surface area contributed by atoms with E-state index < -0.39 is 0 Å². The first-order valence-corrected chi connectivity index (χ1v) is 5.65. The van der Waals surface area contributed by atoms with Crippen LogP contribution in [-0.4, -0.2) is 26.1 Å². The molecule has 2 aromatic heterocycles. The van der Waals surface area contributed by atoms with Crippen LogP contribution in [0.2, 0.25) is 0 Å². The van der Waals surface area contributed by atoms with Crippen molar-refractivity contribution in [2.45, 2.75) is 13.0 Å². The molecule has 0 aromatic carbocycles. The number of carbonyl (C=O) groups is 1. The van der Waals surface area contributed by atoms with Crippen molar-refractivity contribution in [3.05, 3.63) is 29.3 Å². The summed E-state index contributed by atoms with van der Waals surface area (Å²) >= 11 is 1.24. The maximum Gasteiger partial charge on any atom is 0.277 e. The molecule has 2 aromatic rings. The van der Waals surface area contributed by atoms with Gasteiger partial charge in [0.05, 0.1) is 12.2 Å². The molecule has 0 saturated carbocycles. The highest BCUT2D eigenvalue weighted by Gasteiger charge is 2.12. The van der Waals surface area contributed by atoms with E-state index in [-0.39, 0.29) is 17.6 Å². The van der Waals surface area contributed by atoms with Gasteiger partial charge in [0.15, 0.2) is 0 Å². The van der Waals surface area contributed by atoms with E-state index in [1.807, 2.05) is 0 Å². The zero-order valence-corrected chi connectivity index (χ0v) is 9.81. The number of aromatic nitrogens is 4. The second-order valence-corrected chi connectivity index (χ2v) is 4.29. The molecule has 2 heterocycles. The van der Waals surface area contributed by atoms with Crippen LogP contribution in [-0.2, 0) is 0 Å². The normalized spacial score (nSPS) is 12.1. The van der Waals surface area contributed by atoms with Gasteiger partial charge in [-0.1, -0.05) is 11.3 Å². The van der Waals surface area contributed by atoms with Crippen LogP contribution in [0.15, 0.2) is 18.6 Å². The fourth-order valence-electron chi connectivity index (χ4n) is 1.05. The summed E-state index contributed by atoms with van der Waals surface area (Å²) in [7, 11) is 0. The number of amides is 1. The van der Waals surface area contributed by atoms with E-state index >= 15 is 0 Å². The smallest absolute Gasteiger partial charge is 0.277 e. The van der Waals surface area contributed by atoms with Crippen LogP contribution < -0.4 is 11.1 Å². The van der Waals surface area contributed by atoms with Crippen molar-refractivity contribution in [1.29, 1.82) is 0 Å². The molecule has 88 valence electrons. The summed E-state index contributed by atoms with van der Waals surface area (Å²) in [5.74, 6) is -0.370. The molecule has 2 rings (SSSR count). The predicted octanol–water partition coefficient (Wildman–Crippen LogP) is 0.600. The standard InChI is InChI=1S/C9H10N6OS/c1-5(10)8-14-15-9(17-8)13-7(16)6-4-11-2-3-12-6/h2-5H,10H2,1H3,(H,13,15,16). The Labute approximate surface area is 101 Å². The molecular weight excluding hydrogens is 240 g/mol. The van der Waals surface area contributed by atoms with Gasteiger partial charge in [-0.2, -0.15) is 0 Å². The molecule has 0 spiro atoms.